The van der Waals surface area contributed by atoms with E-state index in [-0.39, 0.29) is 0 Å². The van der Waals surface area contributed by atoms with Crippen molar-refractivity contribution in [3.8, 4) is 0 Å². The second-order valence-electron chi connectivity index (χ2n) is 5.36. The highest BCUT2D eigenvalue weighted by molar-refractivity contribution is 7.12. The summed E-state index contributed by atoms with van der Waals surface area (Å²) >= 11 is 1.92. The number of hydrogen-bond acceptors (Lipinski definition) is 2. The summed E-state index contributed by atoms with van der Waals surface area (Å²) in [6, 6.07) is 14.2. The Hall–Kier alpha value is -1.12. The van der Waals surface area contributed by atoms with E-state index >= 15 is 0 Å². The molecule has 2 aromatic rings. The Morgan fingerprint density at radius 2 is 1.60 bits per heavy atom. The van der Waals surface area contributed by atoms with E-state index < -0.39 is 0 Å². The summed E-state index contributed by atoms with van der Waals surface area (Å²) in [5.41, 5.74) is 2.76. The molecule has 0 saturated carbocycles. The van der Waals surface area contributed by atoms with E-state index in [1.807, 2.05) is 11.3 Å². The number of nitrogens with one attached hydrogen (secondary N) is 1. The van der Waals surface area contributed by atoms with E-state index in [1.54, 1.807) is 0 Å². The minimum Gasteiger partial charge on any atom is -0.303 e. The minimum absolute atomic E-state index is 0.378. The zero-order valence-corrected chi connectivity index (χ0v) is 13.8. The summed E-state index contributed by atoms with van der Waals surface area (Å²) in [5, 5.41) is 3.70. The zero-order valence-electron chi connectivity index (χ0n) is 12.9. The smallest absolute Gasteiger partial charge is 0.0391 e. The van der Waals surface area contributed by atoms with Crippen LogP contribution < -0.4 is 5.32 Å². The van der Waals surface area contributed by atoms with Crippen molar-refractivity contribution in [3.63, 3.8) is 0 Å². The van der Waals surface area contributed by atoms with Crippen LogP contribution in [0.2, 0.25) is 0 Å². The van der Waals surface area contributed by atoms with Gasteiger partial charge in [-0.25, -0.2) is 0 Å². The highest BCUT2D eigenvalue weighted by Gasteiger charge is 2.12. The monoisotopic (exact) mass is 287 g/mol. The number of benzene rings is 1. The summed E-state index contributed by atoms with van der Waals surface area (Å²) < 4.78 is 0. The normalized spacial score (nSPS) is 14.2. The molecule has 20 heavy (non-hydrogen) atoms. The van der Waals surface area contributed by atoms with Crippen LogP contribution in [0.25, 0.3) is 0 Å². The van der Waals surface area contributed by atoms with Crippen molar-refractivity contribution < 1.29 is 0 Å². The third-order valence-electron chi connectivity index (χ3n) is 3.85. The predicted octanol–water partition coefficient (Wildman–Crippen LogP) is 5.28. The fourth-order valence-electron chi connectivity index (χ4n) is 2.41. The Bertz CT molecular complexity index is 527. The lowest BCUT2D eigenvalue weighted by atomic mass is 10.0. The average Bonchev–Trinajstić information content (AvgIpc) is 2.96. The maximum absolute atomic E-state index is 3.70. The molecule has 108 valence electrons. The Morgan fingerprint density at radius 3 is 2.15 bits per heavy atom. The molecule has 2 heteroatoms. The van der Waals surface area contributed by atoms with Gasteiger partial charge in [0.1, 0.15) is 0 Å². The van der Waals surface area contributed by atoms with Gasteiger partial charge >= 0.3 is 0 Å². The van der Waals surface area contributed by atoms with E-state index in [1.165, 1.54) is 20.9 Å². The molecule has 1 heterocycles. The zero-order chi connectivity index (χ0) is 14.5. The maximum atomic E-state index is 3.70. The first-order valence-electron chi connectivity index (χ1n) is 7.57. The van der Waals surface area contributed by atoms with Gasteiger partial charge in [0, 0.05) is 21.8 Å². The maximum Gasteiger partial charge on any atom is 0.0391 e. The van der Waals surface area contributed by atoms with Crippen molar-refractivity contribution in [1.82, 2.24) is 5.32 Å². The highest BCUT2D eigenvalue weighted by Crippen LogP contribution is 2.26. The first-order valence-corrected chi connectivity index (χ1v) is 8.39. The number of hydrogen-bond donors (Lipinski definition) is 1. The number of rotatable bonds is 6. The third-order valence-corrected chi connectivity index (χ3v) is 5.26. The van der Waals surface area contributed by atoms with Gasteiger partial charge < -0.3 is 5.32 Å². The molecule has 2 atom stereocenters. The molecule has 0 amide bonds. The molecule has 0 aliphatic carbocycles. The minimum atomic E-state index is 0.378. The highest BCUT2D eigenvalue weighted by atomic mass is 32.1. The van der Waals surface area contributed by atoms with E-state index in [2.05, 4.69) is 69.4 Å². The summed E-state index contributed by atoms with van der Waals surface area (Å²) in [6.45, 7) is 8.90. The van der Waals surface area contributed by atoms with Crippen LogP contribution in [0.3, 0.4) is 0 Å². The number of aryl methyl sites for hydroxylation is 2. The fraction of sp³-hybridized carbons (Fsp3) is 0.444. The molecule has 0 radical (unpaired) electrons. The van der Waals surface area contributed by atoms with Crippen LogP contribution in [0.1, 0.15) is 60.7 Å². The van der Waals surface area contributed by atoms with Crippen LogP contribution in [0, 0.1) is 0 Å². The summed E-state index contributed by atoms with van der Waals surface area (Å²) in [7, 11) is 0. The first kappa shape index (κ1) is 15.3. The van der Waals surface area contributed by atoms with Crippen LogP contribution >= 0.6 is 11.3 Å². The van der Waals surface area contributed by atoms with E-state index in [0.717, 1.165) is 12.8 Å². The molecule has 0 fully saturated rings. The molecule has 0 aliphatic heterocycles. The van der Waals surface area contributed by atoms with E-state index in [4.69, 9.17) is 0 Å². The summed E-state index contributed by atoms with van der Waals surface area (Å²) in [6.07, 6.45) is 2.24. The predicted molar refractivity (Wildman–Crippen MR) is 89.5 cm³/mol. The van der Waals surface area contributed by atoms with Gasteiger partial charge in [0.15, 0.2) is 0 Å². The molecule has 2 rings (SSSR count). The van der Waals surface area contributed by atoms with Crippen molar-refractivity contribution in [2.24, 2.45) is 0 Å². The SMILES string of the molecule is CCc1ccc(C(C)NC(C)c2ccc(CC)s2)cc1. The van der Waals surface area contributed by atoms with Gasteiger partial charge in [-0.1, -0.05) is 38.1 Å². The van der Waals surface area contributed by atoms with Crippen LogP contribution in [0.4, 0.5) is 0 Å². The van der Waals surface area contributed by atoms with Crippen LogP contribution in [0.15, 0.2) is 36.4 Å². The fourth-order valence-corrected chi connectivity index (χ4v) is 3.38. The van der Waals surface area contributed by atoms with E-state index in [9.17, 15) is 0 Å². The van der Waals surface area contributed by atoms with Crippen LogP contribution in [0.5, 0.6) is 0 Å². The van der Waals surface area contributed by atoms with Crippen LogP contribution in [-0.4, -0.2) is 0 Å². The molecule has 1 nitrogen and oxygen atoms in total. The van der Waals surface area contributed by atoms with Crippen LogP contribution in [-0.2, 0) is 12.8 Å². The molecule has 0 bridgehead atoms. The molecule has 2 unspecified atom stereocenters. The number of thiophene rings is 1. The topological polar surface area (TPSA) is 12.0 Å². The third kappa shape index (κ3) is 3.71. The summed E-state index contributed by atoms with van der Waals surface area (Å²) in [5.74, 6) is 0. The Balaban J connectivity index is 2.00. The molecule has 1 N–H and O–H groups in total. The molecular weight excluding hydrogens is 262 g/mol. The Kier molecular flexibility index (Phi) is 5.38. The van der Waals surface area contributed by atoms with Gasteiger partial charge in [0.05, 0.1) is 0 Å². The largest absolute Gasteiger partial charge is 0.303 e. The lowest BCUT2D eigenvalue weighted by Crippen LogP contribution is -2.21. The second-order valence-corrected chi connectivity index (χ2v) is 6.56. The van der Waals surface area contributed by atoms with Gasteiger partial charge in [0.2, 0.25) is 0 Å². The molecule has 0 spiro atoms. The molecular formula is C18H25NS. The molecule has 0 saturated heterocycles. The van der Waals surface area contributed by atoms with E-state index in [0.29, 0.717) is 12.1 Å². The quantitative estimate of drug-likeness (QED) is 0.761. The van der Waals surface area contributed by atoms with Crippen molar-refractivity contribution in [3.05, 3.63) is 57.3 Å². The lowest BCUT2D eigenvalue weighted by molar-refractivity contribution is 0.500. The second kappa shape index (κ2) is 7.05. The average molecular weight is 287 g/mol. The standard InChI is InChI=1S/C18H25NS/c1-5-15-7-9-16(10-8-15)13(3)19-14(4)18-12-11-17(6-2)20-18/h7-14,19H,5-6H2,1-4H3. The molecule has 1 aromatic heterocycles. The summed E-state index contributed by atoms with van der Waals surface area (Å²) in [4.78, 5) is 2.90. The Labute approximate surface area is 127 Å². The van der Waals surface area contributed by atoms with Crippen molar-refractivity contribution in [2.75, 3.05) is 0 Å². The van der Waals surface area contributed by atoms with Gasteiger partial charge in [-0.2, -0.15) is 0 Å². The molecule has 0 aliphatic rings. The van der Waals surface area contributed by atoms with Gasteiger partial charge in [0.25, 0.3) is 0 Å². The van der Waals surface area contributed by atoms with Gasteiger partial charge in [-0.05, 0) is 49.9 Å². The van der Waals surface area contributed by atoms with Gasteiger partial charge in [-0.3, -0.25) is 0 Å². The Morgan fingerprint density at radius 1 is 0.900 bits per heavy atom. The first-order chi connectivity index (χ1) is 9.63. The lowest BCUT2D eigenvalue weighted by Gasteiger charge is -2.19. The van der Waals surface area contributed by atoms with Gasteiger partial charge in [-0.15, -0.1) is 11.3 Å². The van der Waals surface area contributed by atoms with Crippen molar-refractivity contribution >= 4 is 11.3 Å². The van der Waals surface area contributed by atoms with Crippen molar-refractivity contribution in [1.29, 1.82) is 0 Å². The van der Waals surface area contributed by atoms with Crippen molar-refractivity contribution in [2.45, 2.75) is 52.6 Å². The molecule has 1 aromatic carbocycles.